The van der Waals surface area contributed by atoms with Gasteiger partial charge in [-0.05, 0) is 34.4 Å². The fourth-order valence-electron chi connectivity index (χ4n) is 2.21. The molecule has 3 rings (SSSR count). The minimum Gasteiger partial charge on any atom is -0.143 e. The number of hydrogen-bond acceptors (Lipinski definition) is 1. The summed E-state index contributed by atoms with van der Waals surface area (Å²) in [5, 5.41) is 0. The van der Waals surface area contributed by atoms with Gasteiger partial charge in [-0.25, -0.2) is 0 Å². The van der Waals surface area contributed by atoms with Crippen molar-refractivity contribution in [2.24, 2.45) is 0 Å². The van der Waals surface area contributed by atoms with Gasteiger partial charge in [0.25, 0.3) is 0 Å². The fraction of sp³-hybridized carbons (Fsp3) is 0. The first-order valence-corrected chi connectivity index (χ1v) is 6.73. The van der Waals surface area contributed by atoms with E-state index in [1.54, 1.807) is 0 Å². The van der Waals surface area contributed by atoms with Gasteiger partial charge in [-0.3, -0.25) is 0 Å². The Bertz CT molecular complexity index is 687. The first-order valence-electron chi connectivity index (χ1n) is 6.28. The Morgan fingerprint density at radius 2 is 1.16 bits per heavy atom. The Balaban J connectivity index is 2.09. The SMILES string of the molecule is Sc1ccccc1-c1cccc(-c2ccccc2)c1. The molecule has 0 radical (unpaired) electrons. The molecular formula is C18H14S. The van der Waals surface area contributed by atoms with E-state index in [9.17, 15) is 0 Å². The van der Waals surface area contributed by atoms with Gasteiger partial charge in [-0.1, -0.05) is 66.7 Å². The van der Waals surface area contributed by atoms with Crippen LogP contribution in [0.4, 0.5) is 0 Å². The summed E-state index contributed by atoms with van der Waals surface area (Å²) >= 11 is 4.53. The van der Waals surface area contributed by atoms with Crippen molar-refractivity contribution in [3.05, 3.63) is 78.9 Å². The van der Waals surface area contributed by atoms with E-state index in [0.717, 1.165) is 4.90 Å². The summed E-state index contributed by atoms with van der Waals surface area (Å²) in [6.45, 7) is 0. The highest BCUT2D eigenvalue weighted by molar-refractivity contribution is 7.80. The molecule has 3 aromatic rings. The zero-order valence-electron chi connectivity index (χ0n) is 10.5. The van der Waals surface area contributed by atoms with Crippen LogP contribution in [0.3, 0.4) is 0 Å². The Labute approximate surface area is 119 Å². The van der Waals surface area contributed by atoms with Gasteiger partial charge < -0.3 is 0 Å². The largest absolute Gasteiger partial charge is 0.143 e. The number of hydrogen-bond donors (Lipinski definition) is 1. The Morgan fingerprint density at radius 3 is 1.95 bits per heavy atom. The van der Waals surface area contributed by atoms with Crippen molar-refractivity contribution in [1.29, 1.82) is 0 Å². The summed E-state index contributed by atoms with van der Waals surface area (Å²) in [6, 6.07) is 27.2. The van der Waals surface area contributed by atoms with Gasteiger partial charge in [-0.15, -0.1) is 12.6 Å². The normalized spacial score (nSPS) is 10.4. The molecule has 92 valence electrons. The molecule has 0 unspecified atom stereocenters. The topological polar surface area (TPSA) is 0 Å². The Kier molecular flexibility index (Phi) is 3.39. The molecule has 0 fully saturated rings. The van der Waals surface area contributed by atoms with E-state index in [0.29, 0.717) is 0 Å². The average Bonchev–Trinajstić information content (AvgIpc) is 2.49. The second-order valence-electron chi connectivity index (χ2n) is 4.46. The number of rotatable bonds is 2. The summed E-state index contributed by atoms with van der Waals surface area (Å²) in [6.07, 6.45) is 0. The van der Waals surface area contributed by atoms with Crippen molar-refractivity contribution in [3.8, 4) is 22.3 Å². The van der Waals surface area contributed by atoms with Crippen molar-refractivity contribution in [2.75, 3.05) is 0 Å². The zero-order chi connectivity index (χ0) is 13.1. The first-order chi connectivity index (χ1) is 9.34. The minimum absolute atomic E-state index is 1.01. The minimum atomic E-state index is 1.01. The molecule has 0 N–H and O–H groups in total. The summed E-state index contributed by atoms with van der Waals surface area (Å²) in [4.78, 5) is 1.01. The van der Waals surface area contributed by atoms with Crippen LogP contribution < -0.4 is 0 Å². The molecule has 0 nitrogen and oxygen atoms in total. The van der Waals surface area contributed by atoms with Gasteiger partial charge >= 0.3 is 0 Å². The van der Waals surface area contributed by atoms with E-state index in [4.69, 9.17) is 0 Å². The molecule has 3 aromatic carbocycles. The molecule has 0 aliphatic rings. The van der Waals surface area contributed by atoms with E-state index >= 15 is 0 Å². The van der Waals surface area contributed by atoms with E-state index in [-0.39, 0.29) is 0 Å². The highest BCUT2D eigenvalue weighted by Crippen LogP contribution is 2.29. The number of benzene rings is 3. The van der Waals surface area contributed by atoms with Gasteiger partial charge in [-0.2, -0.15) is 0 Å². The molecule has 0 amide bonds. The predicted octanol–water partition coefficient (Wildman–Crippen LogP) is 5.31. The van der Waals surface area contributed by atoms with Crippen LogP contribution in [0.1, 0.15) is 0 Å². The van der Waals surface area contributed by atoms with Gasteiger partial charge in [0.05, 0.1) is 0 Å². The molecule has 1 heteroatoms. The van der Waals surface area contributed by atoms with Crippen LogP contribution in [0.25, 0.3) is 22.3 Å². The summed E-state index contributed by atoms with van der Waals surface area (Å²) in [7, 11) is 0. The van der Waals surface area contributed by atoms with Crippen LogP contribution in [0.2, 0.25) is 0 Å². The third-order valence-electron chi connectivity index (χ3n) is 3.18. The van der Waals surface area contributed by atoms with Crippen LogP contribution in [0, 0.1) is 0 Å². The van der Waals surface area contributed by atoms with Gasteiger partial charge in [0.2, 0.25) is 0 Å². The smallest absolute Gasteiger partial charge is 0.0119 e. The van der Waals surface area contributed by atoms with E-state index in [1.807, 2.05) is 24.3 Å². The third kappa shape index (κ3) is 2.56. The van der Waals surface area contributed by atoms with Gasteiger partial charge in [0.15, 0.2) is 0 Å². The molecular weight excluding hydrogens is 248 g/mol. The molecule has 0 aliphatic heterocycles. The predicted molar refractivity (Wildman–Crippen MR) is 84.6 cm³/mol. The molecule has 0 atom stereocenters. The molecule has 19 heavy (non-hydrogen) atoms. The quantitative estimate of drug-likeness (QED) is 0.594. The maximum atomic E-state index is 4.53. The van der Waals surface area contributed by atoms with Crippen molar-refractivity contribution >= 4 is 12.6 Å². The van der Waals surface area contributed by atoms with Crippen LogP contribution in [0.15, 0.2) is 83.8 Å². The lowest BCUT2D eigenvalue weighted by Crippen LogP contribution is -1.82. The maximum Gasteiger partial charge on any atom is 0.0119 e. The summed E-state index contributed by atoms with van der Waals surface area (Å²) in [5.74, 6) is 0. The van der Waals surface area contributed by atoms with E-state index in [1.165, 1.54) is 22.3 Å². The van der Waals surface area contributed by atoms with Gasteiger partial charge in [0, 0.05) is 4.90 Å². The van der Waals surface area contributed by atoms with Gasteiger partial charge in [0.1, 0.15) is 0 Å². The molecule has 0 aromatic heterocycles. The first kappa shape index (κ1) is 12.1. The lowest BCUT2D eigenvalue weighted by molar-refractivity contribution is 1.45. The maximum absolute atomic E-state index is 4.53. The fourth-order valence-corrected chi connectivity index (χ4v) is 2.50. The Hall–Kier alpha value is -1.99. The Morgan fingerprint density at radius 1 is 0.526 bits per heavy atom. The highest BCUT2D eigenvalue weighted by Gasteiger charge is 2.03. The van der Waals surface area contributed by atoms with Crippen molar-refractivity contribution < 1.29 is 0 Å². The van der Waals surface area contributed by atoms with Crippen molar-refractivity contribution in [2.45, 2.75) is 4.90 Å². The van der Waals surface area contributed by atoms with Crippen LogP contribution in [0.5, 0.6) is 0 Å². The average molecular weight is 262 g/mol. The second-order valence-corrected chi connectivity index (χ2v) is 4.95. The van der Waals surface area contributed by atoms with Crippen LogP contribution >= 0.6 is 12.6 Å². The monoisotopic (exact) mass is 262 g/mol. The summed E-state index contributed by atoms with van der Waals surface area (Å²) in [5.41, 5.74) is 4.84. The zero-order valence-corrected chi connectivity index (χ0v) is 11.3. The molecule has 0 saturated heterocycles. The standard InChI is InChI=1S/C18H14S/c19-18-12-5-4-11-17(18)16-10-6-9-15(13-16)14-7-2-1-3-8-14/h1-13,19H. The second kappa shape index (κ2) is 5.33. The number of thiol groups is 1. The molecule has 0 spiro atoms. The van der Waals surface area contributed by atoms with Crippen LogP contribution in [-0.4, -0.2) is 0 Å². The molecule has 0 aliphatic carbocycles. The lowest BCUT2D eigenvalue weighted by Gasteiger charge is -2.08. The highest BCUT2D eigenvalue weighted by atomic mass is 32.1. The summed E-state index contributed by atoms with van der Waals surface area (Å²) < 4.78 is 0. The van der Waals surface area contributed by atoms with E-state index in [2.05, 4.69) is 67.2 Å². The van der Waals surface area contributed by atoms with Crippen molar-refractivity contribution in [1.82, 2.24) is 0 Å². The molecule has 0 bridgehead atoms. The molecule has 0 saturated carbocycles. The van der Waals surface area contributed by atoms with Crippen LogP contribution in [-0.2, 0) is 0 Å². The van der Waals surface area contributed by atoms with Crippen molar-refractivity contribution in [3.63, 3.8) is 0 Å². The lowest BCUT2D eigenvalue weighted by atomic mass is 9.99. The third-order valence-corrected chi connectivity index (χ3v) is 3.57. The van der Waals surface area contributed by atoms with E-state index < -0.39 is 0 Å². The molecule has 0 heterocycles.